The number of aryl methyl sites for hydroxylation is 1. The van der Waals surface area contributed by atoms with Gasteiger partial charge < -0.3 is 18.9 Å². The fraction of sp³-hybridized carbons (Fsp3) is 0.350. The summed E-state index contributed by atoms with van der Waals surface area (Å²) in [5.41, 5.74) is 2.25. The number of methoxy groups -OCH3 is 3. The van der Waals surface area contributed by atoms with Crippen LogP contribution in [0.2, 0.25) is 0 Å². The van der Waals surface area contributed by atoms with Crippen LogP contribution in [0, 0.1) is 6.92 Å². The predicted molar refractivity (Wildman–Crippen MR) is 104 cm³/mol. The molecule has 0 aliphatic rings. The first-order valence-electron chi connectivity index (χ1n) is 8.14. The zero-order chi connectivity index (χ0) is 19.4. The van der Waals surface area contributed by atoms with Crippen molar-refractivity contribution in [3.05, 3.63) is 45.4 Å². The smallest absolute Gasteiger partial charge is 0.343 e. The van der Waals surface area contributed by atoms with Gasteiger partial charge in [0.25, 0.3) is 0 Å². The van der Waals surface area contributed by atoms with Gasteiger partial charge in [0.05, 0.1) is 26.9 Å². The van der Waals surface area contributed by atoms with E-state index in [0.29, 0.717) is 28.6 Å². The Morgan fingerprint density at radius 3 is 1.96 bits per heavy atom. The van der Waals surface area contributed by atoms with E-state index in [9.17, 15) is 4.79 Å². The second kappa shape index (κ2) is 8.45. The van der Waals surface area contributed by atoms with Gasteiger partial charge in [-0.25, -0.2) is 4.79 Å². The van der Waals surface area contributed by atoms with Crippen LogP contribution in [0.25, 0.3) is 0 Å². The van der Waals surface area contributed by atoms with Crippen LogP contribution in [-0.2, 0) is 0 Å². The predicted octanol–water partition coefficient (Wildman–Crippen LogP) is 5.13. The molecule has 5 nitrogen and oxygen atoms in total. The van der Waals surface area contributed by atoms with Crippen molar-refractivity contribution in [1.82, 2.24) is 0 Å². The highest BCUT2D eigenvalue weighted by Crippen LogP contribution is 2.39. The van der Waals surface area contributed by atoms with E-state index in [1.807, 2.05) is 32.9 Å². The topological polar surface area (TPSA) is 54.0 Å². The molecule has 140 valence electrons. The molecule has 0 bridgehead atoms. The van der Waals surface area contributed by atoms with Crippen molar-refractivity contribution in [1.29, 1.82) is 0 Å². The number of carbonyl (C=O) groups excluding carboxylic acids is 1. The lowest BCUT2D eigenvalue weighted by atomic mass is 10.0. The van der Waals surface area contributed by atoms with E-state index in [-0.39, 0.29) is 5.92 Å². The molecule has 0 fully saturated rings. The van der Waals surface area contributed by atoms with Crippen LogP contribution >= 0.6 is 15.9 Å². The van der Waals surface area contributed by atoms with Crippen molar-refractivity contribution >= 4 is 21.9 Å². The normalized spacial score (nSPS) is 10.6. The SMILES string of the molecule is COc1cc(C(=O)Oc2cc(C)c(Br)cc2C(C)C)cc(OC)c1OC. The molecule has 0 amide bonds. The van der Waals surface area contributed by atoms with Crippen LogP contribution in [0.1, 0.15) is 41.3 Å². The number of halogens is 1. The van der Waals surface area contributed by atoms with Crippen LogP contribution in [0.3, 0.4) is 0 Å². The summed E-state index contributed by atoms with van der Waals surface area (Å²) in [5, 5.41) is 0. The van der Waals surface area contributed by atoms with Gasteiger partial charge in [0, 0.05) is 4.47 Å². The molecule has 0 spiro atoms. The quantitative estimate of drug-likeness (QED) is 0.477. The second-order valence-electron chi connectivity index (χ2n) is 6.10. The van der Waals surface area contributed by atoms with Crippen LogP contribution in [0.4, 0.5) is 0 Å². The summed E-state index contributed by atoms with van der Waals surface area (Å²) in [7, 11) is 4.51. The Hall–Kier alpha value is -2.21. The number of rotatable bonds is 6. The average molecular weight is 423 g/mol. The molecule has 2 aromatic carbocycles. The highest BCUT2D eigenvalue weighted by atomic mass is 79.9. The third-order valence-electron chi connectivity index (χ3n) is 4.02. The Bertz CT molecular complexity index is 789. The fourth-order valence-electron chi connectivity index (χ4n) is 2.57. The van der Waals surface area contributed by atoms with Crippen LogP contribution < -0.4 is 18.9 Å². The molecule has 0 saturated heterocycles. The minimum atomic E-state index is -0.493. The molecule has 0 atom stereocenters. The summed E-state index contributed by atoms with van der Waals surface area (Å²) >= 11 is 3.53. The molecular formula is C20H23BrO5. The van der Waals surface area contributed by atoms with Gasteiger partial charge in [0.1, 0.15) is 5.75 Å². The molecular weight excluding hydrogens is 400 g/mol. The number of hydrogen-bond donors (Lipinski definition) is 0. The second-order valence-corrected chi connectivity index (χ2v) is 6.95. The Morgan fingerprint density at radius 2 is 1.50 bits per heavy atom. The van der Waals surface area contributed by atoms with E-state index in [0.717, 1.165) is 15.6 Å². The van der Waals surface area contributed by atoms with Crippen LogP contribution in [0.15, 0.2) is 28.7 Å². The lowest BCUT2D eigenvalue weighted by Crippen LogP contribution is -2.11. The molecule has 0 aliphatic carbocycles. The molecule has 0 aromatic heterocycles. The largest absolute Gasteiger partial charge is 0.493 e. The zero-order valence-electron chi connectivity index (χ0n) is 15.8. The van der Waals surface area contributed by atoms with E-state index in [2.05, 4.69) is 15.9 Å². The fourth-order valence-corrected chi connectivity index (χ4v) is 2.93. The highest BCUT2D eigenvalue weighted by molar-refractivity contribution is 9.10. The maximum atomic E-state index is 12.7. The molecule has 2 aromatic rings. The lowest BCUT2D eigenvalue weighted by molar-refractivity contribution is 0.0732. The maximum Gasteiger partial charge on any atom is 0.343 e. The summed E-state index contributed by atoms with van der Waals surface area (Å²) in [6.07, 6.45) is 0. The molecule has 0 radical (unpaired) electrons. The van der Waals surface area contributed by atoms with Crippen LogP contribution in [-0.4, -0.2) is 27.3 Å². The molecule has 0 aliphatic heterocycles. The number of esters is 1. The minimum Gasteiger partial charge on any atom is -0.493 e. The minimum absolute atomic E-state index is 0.203. The number of benzene rings is 2. The maximum absolute atomic E-state index is 12.7. The van der Waals surface area contributed by atoms with Crippen molar-refractivity contribution in [2.75, 3.05) is 21.3 Å². The summed E-state index contributed by atoms with van der Waals surface area (Å²) in [6.45, 7) is 6.05. The Labute approximate surface area is 162 Å². The van der Waals surface area contributed by atoms with Gasteiger partial charge >= 0.3 is 5.97 Å². The molecule has 0 saturated carbocycles. The van der Waals surface area contributed by atoms with E-state index >= 15 is 0 Å². The Balaban J connectivity index is 2.44. The summed E-state index contributed by atoms with van der Waals surface area (Å²) in [6, 6.07) is 6.99. The Morgan fingerprint density at radius 1 is 0.923 bits per heavy atom. The molecule has 2 rings (SSSR count). The third-order valence-corrected chi connectivity index (χ3v) is 4.87. The van der Waals surface area contributed by atoms with E-state index in [1.165, 1.54) is 21.3 Å². The number of ether oxygens (including phenoxy) is 4. The average Bonchev–Trinajstić information content (AvgIpc) is 2.62. The van der Waals surface area contributed by atoms with E-state index < -0.39 is 5.97 Å². The summed E-state index contributed by atoms with van der Waals surface area (Å²) in [5.74, 6) is 1.47. The van der Waals surface area contributed by atoms with Gasteiger partial charge in [-0.2, -0.15) is 0 Å². The number of carbonyl (C=O) groups is 1. The first-order chi connectivity index (χ1) is 12.3. The van der Waals surface area contributed by atoms with Gasteiger partial charge in [0.2, 0.25) is 5.75 Å². The molecule has 26 heavy (non-hydrogen) atoms. The first-order valence-corrected chi connectivity index (χ1v) is 8.93. The van der Waals surface area contributed by atoms with E-state index in [1.54, 1.807) is 12.1 Å². The summed E-state index contributed by atoms with van der Waals surface area (Å²) in [4.78, 5) is 12.7. The zero-order valence-corrected chi connectivity index (χ0v) is 17.4. The van der Waals surface area contributed by atoms with E-state index in [4.69, 9.17) is 18.9 Å². The van der Waals surface area contributed by atoms with Crippen LogP contribution in [0.5, 0.6) is 23.0 Å². The Kier molecular flexibility index (Phi) is 6.53. The van der Waals surface area contributed by atoms with Crippen molar-refractivity contribution in [3.63, 3.8) is 0 Å². The lowest BCUT2D eigenvalue weighted by Gasteiger charge is -2.16. The van der Waals surface area contributed by atoms with Crippen molar-refractivity contribution < 1.29 is 23.7 Å². The molecule has 0 heterocycles. The highest BCUT2D eigenvalue weighted by Gasteiger charge is 2.20. The third kappa shape index (κ3) is 4.12. The van der Waals surface area contributed by atoms with Gasteiger partial charge in [-0.05, 0) is 48.2 Å². The summed E-state index contributed by atoms with van der Waals surface area (Å²) < 4.78 is 22.5. The molecule has 0 unspecified atom stereocenters. The van der Waals surface area contributed by atoms with Gasteiger partial charge in [0.15, 0.2) is 11.5 Å². The van der Waals surface area contributed by atoms with Crippen molar-refractivity contribution in [2.24, 2.45) is 0 Å². The van der Waals surface area contributed by atoms with Gasteiger partial charge in [-0.3, -0.25) is 0 Å². The molecule has 0 N–H and O–H groups in total. The van der Waals surface area contributed by atoms with Gasteiger partial charge in [-0.15, -0.1) is 0 Å². The van der Waals surface area contributed by atoms with Gasteiger partial charge in [-0.1, -0.05) is 29.8 Å². The van der Waals surface area contributed by atoms with Crippen molar-refractivity contribution in [2.45, 2.75) is 26.7 Å². The standard InChI is InChI=1S/C20H23BrO5/c1-11(2)14-10-15(21)12(3)7-16(14)26-20(22)13-8-17(23-4)19(25-6)18(9-13)24-5/h7-11H,1-6H3. The first kappa shape index (κ1) is 20.1. The molecule has 6 heteroatoms. The monoisotopic (exact) mass is 422 g/mol. The number of hydrogen-bond acceptors (Lipinski definition) is 5. The van der Waals surface area contributed by atoms with Crippen molar-refractivity contribution in [3.8, 4) is 23.0 Å².